The van der Waals surface area contributed by atoms with E-state index < -0.39 is 10.7 Å². The molecule has 0 aliphatic rings. The number of nitro benzene ring substituents is 1. The molecule has 112 valence electrons. The smallest absolute Gasteiger partial charge is 0.295 e. The lowest BCUT2D eigenvalue weighted by molar-refractivity contribution is -0.384. The van der Waals surface area contributed by atoms with Gasteiger partial charge in [-0.1, -0.05) is 0 Å². The van der Waals surface area contributed by atoms with Crippen LogP contribution in [0.2, 0.25) is 0 Å². The number of nitro groups is 1. The maximum atomic E-state index is 13.6. The molecule has 2 rings (SSSR count). The highest BCUT2D eigenvalue weighted by Gasteiger charge is 2.22. The Morgan fingerprint density at radius 3 is 2.76 bits per heavy atom. The van der Waals surface area contributed by atoms with Crippen molar-refractivity contribution < 1.29 is 14.1 Å². The summed E-state index contributed by atoms with van der Waals surface area (Å²) in [6.07, 6.45) is 1.39. The van der Waals surface area contributed by atoms with Crippen LogP contribution in [-0.4, -0.2) is 33.8 Å². The zero-order chi connectivity index (χ0) is 15.6. The molecule has 0 unspecified atom stereocenters. The number of hydrogen-bond acceptors (Lipinski definition) is 6. The minimum Gasteiger partial charge on any atom is -0.494 e. The Morgan fingerprint density at radius 1 is 1.52 bits per heavy atom. The van der Waals surface area contributed by atoms with E-state index in [9.17, 15) is 14.5 Å². The molecule has 9 heteroatoms. The second-order valence-electron chi connectivity index (χ2n) is 4.39. The Bertz CT molecular complexity index is 673. The Morgan fingerprint density at radius 2 is 2.24 bits per heavy atom. The first kappa shape index (κ1) is 14.7. The van der Waals surface area contributed by atoms with Gasteiger partial charge in [-0.05, 0) is 0 Å². The monoisotopic (exact) mass is 295 g/mol. The molecule has 0 aliphatic carbocycles. The van der Waals surface area contributed by atoms with Crippen molar-refractivity contribution in [2.75, 3.05) is 19.1 Å². The third-order valence-corrected chi connectivity index (χ3v) is 3.04. The van der Waals surface area contributed by atoms with Gasteiger partial charge in [0, 0.05) is 20.2 Å². The summed E-state index contributed by atoms with van der Waals surface area (Å²) in [5.41, 5.74) is -0.0979. The fourth-order valence-electron chi connectivity index (χ4n) is 1.90. The fraction of sp³-hybridized carbons (Fsp3) is 0.333. The van der Waals surface area contributed by atoms with Crippen molar-refractivity contribution in [1.82, 2.24) is 14.8 Å². The summed E-state index contributed by atoms with van der Waals surface area (Å²) in [4.78, 5) is 16.1. The standard InChI is InChI=1S/C12H14FN5O3/c1-16(6-12-14-7-15-17(12)2)9-5-11(21-3)8(13)4-10(9)18(19)20/h4-5,7H,6H2,1-3H3. The molecule has 0 aliphatic heterocycles. The minimum atomic E-state index is -0.778. The lowest BCUT2D eigenvalue weighted by Gasteiger charge is -2.19. The average molecular weight is 295 g/mol. The molecule has 0 saturated heterocycles. The molecule has 0 bridgehead atoms. The van der Waals surface area contributed by atoms with E-state index in [1.807, 2.05) is 0 Å². The maximum Gasteiger partial charge on any atom is 0.295 e. The van der Waals surface area contributed by atoms with Gasteiger partial charge in [0.2, 0.25) is 0 Å². The Kier molecular flexibility index (Phi) is 4.01. The second kappa shape index (κ2) is 5.73. The lowest BCUT2D eigenvalue weighted by atomic mass is 10.2. The molecular formula is C12H14FN5O3. The second-order valence-corrected chi connectivity index (χ2v) is 4.39. The van der Waals surface area contributed by atoms with Crippen molar-refractivity contribution >= 4 is 11.4 Å². The summed E-state index contributed by atoms with van der Waals surface area (Å²) in [5, 5.41) is 15.0. The van der Waals surface area contributed by atoms with E-state index in [4.69, 9.17) is 4.74 Å². The highest BCUT2D eigenvalue weighted by atomic mass is 19.1. The fourth-order valence-corrected chi connectivity index (χ4v) is 1.90. The molecule has 0 fully saturated rings. The minimum absolute atomic E-state index is 0.0552. The highest BCUT2D eigenvalue weighted by Crippen LogP contribution is 2.34. The molecule has 0 saturated carbocycles. The molecule has 21 heavy (non-hydrogen) atoms. The van der Waals surface area contributed by atoms with Gasteiger partial charge < -0.3 is 9.64 Å². The van der Waals surface area contributed by atoms with E-state index >= 15 is 0 Å². The van der Waals surface area contributed by atoms with E-state index in [0.717, 1.165) is 6.07 Å². The van der Waals surface area contributed by atoms with Gasteiger partial charge in [-0.3, -0.25) is 14.8 Å². The Hall–Kier alpha value is -2.71. The number of benzene rings is 1. The van der Waals surface area contributed by atoms with Crippen LogP contribution < -0.4 is 9.64 Å². The van der Waals surface area contributed by atoms with Crippen LogP contribution in [0, 0.1) is 15.9 Å². The number of halogens is 1. The number of hydrogen-bond donors (Lipinski definition) is 0. The zero-order valence-corrected chi connectivity index (χ0v) is 11.8. The molecule has 8 nitrogen and oxygen atoms in total. The largest absolute Gasteiger partial charge is 0.494 e. The molecule has 1 aromatic heterocycles. The number of rotatable bonds is 5. The van der Waals surface area contributed by atoms with Crippen LogP contribution in [0.25, 0.3) is 0 Å². The van der Waals surface area contributed by atoms with Crippen molar-refractivity contribution in [2.24, 2.45) is 7.05 Å². The number of nitrogens with zero attached hydrogens (tertiary/aromatic N) is 5. The lowest BCUT2D eigenvalue weighted by Crippen LogP contribution is -2.20. The third kappa shape index (κ3) is 2.91. The highest BCUT2D eigenvalue weighted by molar-refractivity contribution is 5.65. The molecule has 0 spiro atoms. The molecule has 1 heterocycles. The predicted octanol–water partition coefficient (Wildman–Crippen LogP) is 1.51. The van der Waals surface area contributed by atoms with Gasteiger partial charge in [0.05, 0.1) is 24.6 Å². The number of ether oxygens (including phenoxy) is 1. The first-order valence-corrected chi connectivity index (χ1v) is 6.00. The van der Waals surface area contributed by atoms with Crippen molar-refractivity contribution in [1.29, 1.82) is 0 Å². The molecule has 0 amide bonds. The van der Waals surface area contributed by atoms with Crippen LogP contribution >= 0.6 is 0 Å². The van der Waals surface area contributed by atoms with Gasteiger partial charge in [0.15, 0.2) is 11.6 Å². The summed E-state index contributed by atoms with van der Waals surface area (Å²) in [5.74, 6) is -0.212. The number of aromatic nitrogens is 3. The molecule has 0 N–H and O–H groups in total. The summed E-state index contributed by atoms with van der Waals surface area (Å²) < 4.78 is 20.1. The number of methoxy groups -OCH3 is 1. The van der Waals surface area contributed by atoms with Crippen LogP contribution in [0.15, 0.2) is 18.5 Å². The van der Waals surface area contributed by atoms with Crippen LogP contribution in [0.4, 0.5) is 15.8 Å². The number of anilines is 1. The van der Waals surface area contributed by atoms with E-state index in [1.54, 1.807) is 23.7 Å². The van der Waals surface area contributed by atoms with Gasteiger partial charge in [0.1, 0.15) is 17.8 Å². The average Bonchev–Trinajstić information content (AvgIpc) is 2.83. The summed E-state index contributed by atoms with van der Waals surface area (Å²) in [6.45, 7) is 0.284. The van der Waals surface area contributed by atoms with Crippen molar-refractivity contribution in [3.05, 3.63) is 40.2 Å². The van der Waals surface area contributed by atoms with E-state index in [-0.39, 0.29) is 23.7 Å². The van der Waals surface area contributed by atoms with E-state index in [0.29, 0.717) is 5.82 Å². The molecule has 1 aromatic carbocycles. The Balaban J connectivity index is 2.41. The quantitative estimate of drug-likeness (QED) is 0.614. The summed E-state index contributed by atoms with van der Waals surface area (Å²) >= 11 is 0. The number of aryl methyl sites for hydroxylation is 1. The van der Waals surface area contributed by atoms with Crippen LogP contribution in [0.1, 0.15) is 5.82 Å². The van der Waals surface area contributed by atoms with Crippen LogP contribution in [0.5, 0.6) is 5.75 Å². The van der Waals surface area contributed by atoms with E-state index in [1.165, 1.54) is 19.5 Å². The first-order chi connectivity index (χ1) is 9.93. The topological polar surface area (TPSA) is 86.3 Å². The van der Waals surface area contributed by atoms with Gasteiger partial charge >= 0.3 is 0 Å². The molecule has 0 atom stereocenters. The maximum absolute atomic E-state index is 13.6. The summed E-state index contributed by atoms with van der Waals surface area (Å²) in [7, 11) is 4.67. The molecular weight excluding hydrogens is 281 g/mol. The van der Waals surface area contributed by atoms with Crippen LogP contribution in [0.3, 0.4) is 0 Å². The Labute approximate surface area is 119 Å². The predicted molar refractivity (Wildman–Crippen MR) is 72.7 cm³/mol. The normalized spacial score (nSPS) is 10.5. The van der Waals surface area contributed by atoms with Crippen molar-refractivity contribution in [2.45, 2.75) is 6.54 Å². The SMILES string of the molecule is COc1cc(N(C)Cc2ncnn2C)c([N+](=O)[O-])cc1F. The van der Waals surface area contributed by atoms with Gasteiger partial charge in [-0.2, -0.15) is 5.10 Å². The van der Waals surface area contributed by atoms with Crippen molar-refractivity contribution in [3.63, 3.8) is 0 Å². The van der Waals surface area contributed by atoms with Crippen molar-refractivity contribution in [3.8, 4) is 5.75 Å². The van der Waals surface area contributed by atoms with Gasteiger partial charge in [0.25, 0.3) is 5.69 Å². The first-order valence-electron chi connectivity index (χ1n) is 6.00. The molecule has 0 radical (unpaired) electrons. The van der Waals surface area contributed by atoms with E-state index in [2.05, 4.69) is 10.1 Å². The third-order valence-electron chi connectivity index (χ3n) is 3.04. The zero-order valence-electron chi connectivity index (χ0n) is 11.8. The molecule has 2 aromatic rings. The van der Waals surface area contributed by atoms with Gasteiger partial charge in [-0.15, -0.1) is 0 Å². The summed E-state index contributed by atoms with van der Waals surface area (Å²) in [6, 6.07) is 2.14. The van der Waals surface area contributed by atoms with Crippen LogP contribution in [-0.2, 0) is 13.6 Å². The van der Waals surface area contributed by atoms with Gasteiger partial charge in [-0.25, -0.2) is 9.37 Å².